The fourth-order valence-electron chi connectivity index (χ4n) is 2.93. The van der Waals surface area contributed by atoms with Crippen LogP contribution in [0.5, 0.6) is 0 Å². The van der Waals surface area contributed by atoms with Gasteiger partial charge in [0.2, 0.25) is 0 Å². The quantitative estimate of drug-likeness (QED) is 0.452. The highest BCUT2D eigenvalue weighted by Gasteiger charge is 2.35. The molecule has 1 nitrogen and oxygen atoms in total. The number of rotatable bonds is 5. The number of hydrogen-bond donors (Lipinski definition) is 0. The SMILES string of the molecule is CC=C(C)C=CC=C(C)C=CC1=C(C)CCC(C=O)C1(C)C. The third-order valence-electron chi connectivity index (χ3n) is 4.76. The first-order chi connectivity index (χ1) is 10.3. The zero-order valence-electron chi connectivity index (χ0n) is 14.9. The van der Waals surface area contributed by atoms with Crippen molar-refractivity contribution in [1.82, 2.24) is 0 Å². The Morgan fingerprint density at radius 3 is 2.45 bits per heavy atom. The summed E-state index contributed by atoms with van der Waals surface area (Å²) in [5.74, 6) is 0.123. The van der Waals surface area contributed by atoms with Crippen LogP contribution in [0.25, 0.3) is 0 Å². The van der Waals surface area contributed by atoms with Crippen molar-refractivity contribution in [3.05, 3.63) is 58.7 Å². The molecule has 1 heteroatoms. The van der Waals surface area contributed by atoms with Crippen LogP contribution in [-0.4, -0.2) is 6.29 Å². The molecule has 0 amide bonds. The van der Waals surface area contributed by atoms with Crippen LogP contribution in [-0.2, 0) is 4.79 Å². The smallest absolute Gasteiger partial charge is 0.123 e. The monoisotopic (exact) mass is 298 g/mol. The van der Waals surface area contributed by atoms with E-state index in [0.717, 1.165) is 19.1 Å². The molecule has 120 valence electrons. The predicted octanol–water partition coefficient (Wildman–Crippen LogP) is 5.96. The lowest BCUT2D eigenvalue weighted by molar-refractivity contribution is -0.113. The summed E-state index contributed by atoms with van der Waals surface area (Å²) in [4.78, 5) is 11.3. The Kier molecular flexibility index (Phi) is 6.80. The zero-order valence-corrected chi connectivity index (χ0v) is 14.9. The molecule has 1 rings (SSSR count). The first-order valence-electron chi connectivity index (χ1n) is 8.14. The van der Waals surface area contributed by atoms with E-state index in [0.29, 0.717) is 0 Å². The van der Waals surface area contributed by atoms with E-state index < -0.39 is 0 Å². The zero-order chi connectivity index (χ0) is 16.8. The van der Waals surface area contributed by atoms with Gasteiger partial charge in [0, 0.05) is 5.92 Å². The first kappa shape index (κ1) is 18.4. The molecule has 1 aliphatic carbocycles. The van der Waals surface area contributed by atoms with Gasteiger partial charge < -0.3 is 4.79 Å². The van der Waals surface area contributed by atoms with Crippen molar-refractivity contribution in [2.45, 2.75) is 54.4 Å². The van der Waals surface area contributed by atoms with Crippen LogP contribution >= 0.6 is 0 Å². The molecule has 0 radical (unpaired) electrons. The summed E-state index contributed by atoms with van der Waals surface area (Å²) in [6.45, 7) is 12.8. The maximum absolute atomic E-state index is 11.3. The minimum atomic E-state index is -0.0712. The fourth-order valence-corrected chi connectivity index (χ4v) is 2.93. The van der Waals surface area contributed by atoms with Crippen molar-refractivity contribution in [2.24, 2.45) is 11.3 Å². The predicted molar refractivity (Wildman–Crippen MR) is 96.7 cm³/mol. The third kappa shape index (κ3) is 4.69. The topological polar surface area (TPSA) is 17.1 Å². The van der Waals surface area contributed by atoms with Gasteiger partial charge in [0.05, 0.1) is 0 Å². The molecule has 0 fully saturated rings. The van der Waals surface area contributed by atoms with Crippen LogP contribution in [0.15, 0.2) is 58.7 Å². The molecular formula is C21H30O. The van der Waals surface area contributed by atoms with Crippen molar-refractivity contribution in [2.75, 3.05) is 0 Å². The van der Waals surface area contributed by atoms with Gasteiger partial charge in [-0.3, -0.25) is 0 Å². The highest BCUT2D eigenvalue weighted by atomic mass is 16.1. The summed E-state index contributed by atoms with van der Waals surface area (Å²) in [6.07, 6.45) is 15.9. The lowest BCUT2D eigenvalue weighted by Crippen LogP contribution is -2.31. The second-order valence-electron chi connectivity index (χ2n) is 6.83. The second-order valence-corrected chi connectivity index (χ2v) is 6.83. The molecule has 1 atom stereocenters. The molecule has 1 aliphatic rings. The lowest BCUT2D eigenvalue weighted by atomic mass is 9.66. The van der Waals surface area contributed by atoms with Gasteiger partial charge in [-0.15, -0.1) is 0 Å². The van der Waals surface area contributed by atoms with Gasteiger partial charge in [-0.2, -0.15) is 0 Å². The average Bonchev–Trinajstić information content (AvgIpc) is 2.46. The molecule has 0 saturated carbocycles. The number of carbonyl (C=O) groups is 1. The van der Waals surface area contributed by atoms with E-state index in [2.05, 4.69) is 71.1 Å². The van der Waals surface area contributed by atoms with Crippen LogP contribution in [0, 0.1) is 11.3 Å². The van der Waals surface area contributed by atoms with Gasteiger partial charge in [0.15, 0.2) is 0 Å². The van der Waals surface area contributed by atoms with Gasteiger partial charge in [0.1, 0.15) is 6.29 Å². The van der Waals surface area contributed by atoms with Gasteiger partial charge >= 0.3 is 0 Å². The Balaban J connectivity index is 2.94. The molecule has 0 bridgehead atoms. The van der Waals surface area contributed by atoms with Gasteiger partial charge in [-0.05, 0) is 51.5 Å². The van der Waals surface area contributed by atoms with Gasteiger partial charge in [0.25, 0.3) is 0 Å². The molecule has 22 heavy (non-hydrogen) atoms. The Labute approximate surface area is 136 Å². The third-order valence-corrected chi connectivity index (χ3v) is 4.76. The molecule has 1 unspecified atom stereocenters. The summed E-state index contributed by atoms with van der Waals surface area (Å²) >= 11 is 0. The van der Waals surface area contributed by atoms with Crippen LogP contribution in [0.3, 0.4) is 0 Å². The van der Waals surface area contributed by atoms with E-state index in [1.54, 1.807) is 0 Å². The van der Waals surface area contributed by atoms with E-state index in [-0.39, 0.29) is 11.3 Å². The van der Waals surface area contributed by atoms with Crippen molar-refractivity contribution in [1.29, 1.82) is 0 Å². The summed E-state index contributed by atoms with van der Waals surface area (Å²) in [7, 11) is 0. The Morgan fingerprint density at radius 1 is 1.18 bits per heavy atom. The lowest BCUT2D eigenvalue weighted by Gasteiger charge is -2.38. The number of carbonyl (C=O) groups excluding carboxylic acids is 1. The molecular weight excluding hydrogens is 268 g/mol. The first-order valence-corrected chi connectivity index (χ1v) is 8.14. The summed E-state index contributed by atoms with van der Waals surface area (Å²) in [6, 6.07) is 0. The van der Waals surface area contributed by atoms with Gasteiger partial charge in [-0.1, -0.05) is 67.0 Å². The number of aldehydes is 1. The summed E-state index contributed by atoms with van der Waals surface area (Å²) in [5.41, 5.74) is 5.13. The van der Waals surface area contributed by atoms with Crippen molar-refractivity contribution >= 4 is 6.29 Å². The Hall–Kier alpha value is -1.63. The van der Waals surface area contributed by atoms with Crippen LogP contribution in [0.4, 0.5) is 0 Å². The minimum Gasteiger partial charge on any atom is -0.303 e. The minimum absolute atomic E-state index is 0.0712. The van der Waals surface area contributed by atoms with E-state index in [1.165, 1.54) is 22.3 Å². The molecule has 0 aliphatic heterocycles. The second kappa shape index (κ2) is 8.12. The average molecular weight is 298 g/mol. The fraction of sp³-hybridized carbons (Fsp3) is 0.476. The number of hydrogen-bond acceptors (Lipinski definition) is 1. The molecule has 0 aromatic rings. The van der Waals surface area contributed by atoms with E-state index in [1.807, 2.05) is 6.92 Å². The molecule has 0 spiro atoms. The molecule has 0 heterocycles. The Bertz CT molecular complexity index is 550. The van der Waals surface area contributed by atoms with Crippen LogP contribution in [0.1, 0.15) is 54.4 Å². The van der Waals surface area contributed by atoms with Crippen LogP contribution < -0.4 is 0 Å². The van der Waals surface area contributed by atoms with E-state index in [9.17, 15) is 4.79 Å². The normalized spacial score (nSPS) is 23.6. The molecule has 0 saturated heterocycles. The van der Waals surface area contributed by atoms with Crippen molar-refractivity contribution < 1.29 is 4.79 Å². The van der Waals surface area contributed by atoms with Crippen LogP contribution in [0.2, 0.25) is 0 Å². The highest BCUT2D eigenvalue weighted by molar-refractivity contribution is 5.58. The van der Waals surface area contributed by atoms with Crippen molar-refractivity contribution in [3.8, 4) is 0 Å². The highest BCUT2D eigenvalue weighted by Crippen LogP contribution is 2.44. The Morgan fingerprint density at radius 2 is 1.86 bits per heavy atom. The molecule has 0 N–H and O–H groups in total. The molecule has 0 aromatic heterocycles. The maximum Gasteiger partial charge on any atom is 0.123 e. The maximum atomic E-state index is 11.3. The number of allylic oxidation sites excluding steroid dienone is 10. The van der Waals surface area contributed by atoms with Crippen molar-refractivity contribution in [3.63, 3.8) is 0 Å². The largest absolute Gasteiger partial charge is 0.303 e. The van der Waals surface area contributed by atoms with Gasteiger partial charge in [-0.25, -0.2) is 0 Å². The molecule has 0 aromatic carbocycles. The standard InChI is InChI=1S/C21H30O/c1-7-16(2)9-8-10-17(3)11-14-20-18(4)12-13-19(15-22)21(20,5)6/h7-11,14-15,19H,12-13H2,1-6H3. The van der Waals surface area contributed by atoms with E-state index in [4.69, 9.17) is 0 Å². The van der Waals surface area contributed by atoms with E-state index >= 15 is 0 Å². The summed E-state index contributed by atoms with van der Waals surface area (Å²) in [5, 5.41) is 0. The summed E-state index contributed by atoms with van der Waals surface area (Å²) < 4.78 is 0.